The van der Waals surface area contributed by atoms with Crippen LogP contribution in [0.5, 0.6) is 0 Å². The van der Waals surface area contributed by atoms with E-state index in [1.165, 1.54) is 19.2 Å². The molecule has 5 nitrogen and oxygen atoms in total. The summed E-state index contributed by atoms with van der Waals surface area (Å²) in [6.45, 7) is -0.0945. The lowest BCUT2D eigenvalue weighted by Gasteiger charge is -2.07. The SMILES string of the molecule is CNS(=O)(=O)CCNC(=O)c1c(F)cccc1Br. The first-order valence-electron chi connectivity index (χ1n) is 5.01. The lowest BCUT2D eigenvalue weighted by atomic mass is 10.2. The molecule has 0 heterocycles. The van der Waals surface area contributed by atoms with Crippen LogP contribution in [-0.4, -0.2) is 33.7 Å². The molecule has 0 spiro atoms. The maximum absolute atomic E-state index is 13.4. The summed E-state index contributed by atoms with van der Waals surface area (Å²) in [5.74, 6) is -1.59. The van der Waals surface area contributed by atoms with Gasteiger partial charge in [0, 0.05) is 11.0 Å². The topological polar surface area (TPSA) is 75.3 Å². The molecule has 1 amide bonds. The third-order valence-corrected chi connectivity index (χ3v) is 4.18. The number of rotatable bonds is 5. The Balaban J connectivity index is 2.67. The van der Waals surface area contributed by atoms with Gasteiger partial charge in [-0.15, -0.1) is 0 Å². The quantitative estimate of drug-likeness (QED) is 0.836. The highest BCUT2D eigenvalue weighted by Gasteiger charge is 2.15. The van der Waals surface area contributed by atoms with Crippen LogP contribution < -0.4 is 10.0 Å². The zero-order chi connectivity index (χ0) is 13.8. The molecule has 0 saturated carbocycles. The van der Waals surface area contributed by atoms with Gasteiger partial charge in [0.15, 0.2) is 0 Å². The fraction of sp³-hybridized carbons (Fsp3) is 0.300. The fourth-order valence-electron chi connectivity index (χ4n) is 1.20. The molecule has 0 bridgehead atoms. The second kappa shape index (κ2) is 6.26. The molecule has 18 heavy (non-hydrogen) atoms. The van der Waals surface area contributed by atoms with Crippen molar-refractivity contribution < 1.29 is 17.6 Å². The van der Waals surface area contributed by atoms with Crippen LogP contribution >= 0.6 is 15.9 Å². The summed E-state index contributed by atoms with van der Waals surface area (Å²) < 4.78 is 38.0. The van der Waals surface area contributed by atoms with Crippen LogP contribution in [0.3, 0.4) is 0 Å². The van der Waals surface area contributed by atoms with Crippen molar-refractivity contribution in [2.75, 3.05) is 19.3 Å². The zero-order valence-electron chi connectivity index (χ0n) is 9.54. The number of benzene rings is 1. The van der Waals surface area contributed by atoms with Crippen molar-refractivity contribution in [1.82, 2.24) is 10.0 Å². The van der Waals surface area contributed by atoms with Gasteiger partial charge in [-0.05, 0) is 35.1 Å². The van der Waals surface area contributed by atoms with E-state index in [1.54, 1.807) is 0 Å². The molecule has 8 heteroatoms. The van der Waals surface area contributed by atoms with Gasteiger partial charge in [0.05, 0.1) is 11.3 Å². The Bertz CT molecular complexity index is 528. The zero-order valence-corrected chi connectivity index (χ0v) is 11.9. The van der Waals surface area contributed by atoms with Crippen molar-refractivity contribution in [3.8, 4) is 0 Å². The first kappa shape index (κ1) is 15.1. The second-order valence-electron chi connectivity index (χ2n) is 3.38. The lowest BCUT2D eigenvalue weighted by Crippen LogP contribution is -2.33. The van der Waals surface area contributed by atoms with E-state index in [2.05, 4.69) is 26.0 Å². The molecule has 100 valence electrons. The molecular formula is C10H12BrFN2O3S. The maximum Gasteiger partial charge on any atom is 0.255 e. The van der Waals surface area contributed by atoms with Gasteiger partial charge in [-0.25, -0.2) is 17.5 Å². The molecule has 1 aromatic carbocycles. The molecule has 0 unspecified atom stereocenters. The molecule has 0 aliphatic heterocycles. The lowest BCUT2D eigenvalue weighted by molar-refractivity contribution is 0.0951. The van der Waals surface area contributed by atoms with E-state index in [-0.39, 0.29) is 17.9 Å². The summed E-state index contributed by atoms with van der Waals surface area (Å²) in [6, 6.07) is 4.15. The van der Waals surface area contributed by atoms with Gasteiger partial charge in [-0.1, -0.05) is 6.07 Å². The fourth-order valence-corrected chi connectivity index (χ4v) is 2.30. The van der Waals surface area contributed by atoms with Gasteiger partial charge in [0.1, 0.15) is 5.82 Å². The van der Waals surface area contributed by atoms with Crippen molar-refractivity contribution in [2.24, 2.45) is 0 Å². The van der Waals surface area contributed by atoms with Crippen molar-refractivity contribution in [3.63, 3.8) is 0 Å². The minimum absolute atomic E-state index is 0.0945. The summed E-state index contributed by atoms with van der Waals surface area (Å²) >= 11 is 3.06. The molecule has 0 aromatic heterocycles. The highest BCUT2D eigenvalue weighted by atomic mass is 79.9. The number of sulfonamides is 1. The van der Waals surface area contributed by atoms with Crippen LogP contribution in [-0.2, 0) is 10.0 Å². The summed E-state index contributed by atoms with van der Waals surface area (Å²) in [5, 5.41) is 2.34. The van der Waals surface area contributed by atoms with E-state index in [4.69, 9.17) is 0 Å². The number of hydrogen-bond acceptors (Lipinski definition) is 3. The Hall–Kier alpha value is -0.990. The van der Waals surface area contributed by atoms with Crippen LogP contribution in [0.2, 0.25) is 0 Å². The first-order valence-corrected chi connectivity index (χ1v) is 7.45. The number of amides is 1. The molecule has 0 aliphatic carbocycles. The highest BCUT2D eigenvalue weighted by Crippen LogP contribution is 2.19. The monoisotopic (exact) mass is 338 g/mol. The summed E-state index contributed by atoms with van der Waals surface area (Å²) in [7, 11) is -2.11. The predicted octanol–water partition coefficient (Wildman–Crippen LogP) is 0.867. The molecule has 1 aromatic rings. The Labute approximate surface area is 113 Å². The molecule has 2 N–H and O–H groups in total. The molecule has 1 rings (SSSR count). The van der Waals surface area contributed by atoms with Gasteiger partial charge >= 0.3 is 0 Å². The second-order valence-corrected chi connectivity index (χ2v) is 6.28. The average molecular weight is 339 g/mol. The van der Waals surface area contributed by atoms with Gasteiger partial charge in [0.2, 0.25) is 10.0 Å². The van der Waals surface area contributed by atoms with E-state index in [0.717, 1.165) is 6.07 Å². The van der Waals surface area contributed by atoms with Crippen molar-refractivity contribution in [2.45, 2.75) is 0 Å². The summed E-state index contributed by atoms with van der Waals surface area (Å²) in [5.41, 5.74) is -0.139. The smallest absolute Gasteiger partial charge is 0.255 e. The van der Waals surface area contributed by atoms with Crippen LogP contribution in [0.25, 0.3) is 0 Å². The van der Waals surface area contributed by atoms with E-state index < -0.39 is 21.7 Å². The van der Waals surface area contributed by atoms with Crippen LogP contribution in [0.1, 0.15) is 10.4 Å². The van der Waals surface area contributed by atoms with Gasteiger partial charge in [-0.2, -0.15) is 0 Å². The van der Waals surface area contributed by atoms with Crippen LogP contribution in [0.15, 0.2) is 22.7 Å². The number of halogens is 2. The Kier molecular flexibility index (Phi) is 5.24. The van der Waals surface area contributed by atoms with E-state index in [9.17, 15) is 17.6 Å². The third kappa shape index (κ3) is 4.04. The Morgan fingerprint density at radius 1 is 1.44 bits per heavy atom. The molecule has 0 aliphatic rings. The standard InChI is InChI=1S/C10H12BrFN2O3S/c1-13-18(16,17)6-5-14-10(15)9-7(11)3-2-4-8(9)12/h2-4,13H,5-6H2,1H3,(H,14,15). The van der Waals surface area contributed by atoms with E-state index in [0.29, 0.717) is 4.47 Å². The third-order valence-electron chi connectivity index (χ3n) is 2.16. The van der Waals surface area contributed by atoms with Crippen molar-refractivity contribution in [3.05, 3.63) is 34.1 Å². The molecule has 0 saturated heterocycles. The Morgan fingerprint density at radius 2 is 2.11 bits per heavy atom. The predicted molar refractivity (Wildman–Crippen MR) is 69.3 cm³/mol. The molecule has 0 radical (unpaired) electrons. The number of carbonyl (C=O) groups excluding carboxylic acids is 1. The average Bonchev–Trinajstić information content (AvgIpc) is 2.28. The first-order chi connectivity index (χ1) is 8.37. The largest absolute Gasteiger partial charge is 0.351 e. The highest BCUT2D eigenvalue weighted by molar-refractivity contribution is 9.10. The normalized spacial score (nSPS) is 11.3. The molecule has 0 fully saturated rings. The molecular weight excluding hydrogens is 327 g/mol. The minimum atomic E-state index is -3.39. The summed E-state index contributed by atoms with van der Waals surface area (Å²) in [6.07, 6.45) is 0. The van der Waals surface area contributed by atoms with Gasteiger partial charge < -0.3 is 5.32 Å². The van der Waals surface area contributed by atoms with Crippen molar-refractivity contribution in [1.29, 1.82) is 0 Å². The molecule has 0 atom stereocenters. The van der Waals surface area contributed by atoms with Crippen LogP contribution in [0, 0.1) is 5.82 Å². The minimum Gasteiger partial charge on any atom is -0.351 e. The Morgan fingerprint density at radius 3 is 2.67 bits per heavy atom. The van der Waals surface area contributed by atoms with E-state index >= 15 is 0 Å². The number of carbonyl (C=O) groups is 1. The van der Waals surface area contributed by atoms with Crippen LogP contribution in [0.4, 0.5) is 4.39 Å². The van der Waals surface area contributed by atoms with Gasteiger partial charge in [-0.3, -0.25) is 4.79 Å². The van der Waals surface area contributed by atoms with E-state index in [1.807, 2.05) is 0 Å². The number of hydrogen-bond donors (Lipinski definition) is 2. The number of nitrogens with one attached hydrogen (secondary N) is 2. The summed E-state index contributed by atoms with van der Waals surface area (Å²) in [4.78, 5) is 11.7. The maximum atomic E-state index is 13.4. The van der Waals surface area contributed by atoms with Gasteiger partial charge in [0.25, 0.3) is 5.91 Å². The van der Waals surface area contributed by atoms with Crippen molar-refractivity contribution >= 4 is 31.9 Å².